The van der Waals surface area contributed by atoms with Crippen LogP contribution in [0.5, 0.6) is 11.5 Å². The molecule has 2 aliphatic rings. The Kier molecular flexibility index (Phi) is 8.10. The SMILES string of the molecule is O=C(NC1c2c3cccc2C(=O)c2cccc(c21)OCCOCCOCCOCCO3)c1ccccc1. The van der Waals surface area contributed by atoms with Crippen molar-refractivity contribution in [1.82, 2.24) is 5.32 Å². The molecule has 1 aliphatic heterocycles. The highest BCUT2D eigenvalue weighted by Crippen LogP contribution is 2.44. The Labute approximate surface area is 215 Å². The van der Waals surface area contributed by atoms with Gasteiger partial charge in [0.1, 0.15) is 24.7 Å². The molecule has 37 heavy (non-hydrogen) atoms. The van der Waals surface area contributed by atoms with Crippen LogP contribution < -0.4 is 14.8 Å². The van der Waals surface area contributed by atoms with Gasteiger partial charge < -0.3 is 29.0 Å². The lowest BCUT2D eigenvalue weighted by Crippen LogP contribution is -2.35. The normalized spacial score (nSPS) is 17.0. The number of hydrogen-bond acceptors (Lipinski definition) is 7. The van der Waals surface area contributed by atoms with Gasteiger partial charge in [-0.3, -0.25) is 9.59 Å². The van der Waals surface area contributed by atoms with E-state index in [0.717, 1.165) is 0 Å². The van der Waals surface area contributed by atoms with Crippen molar-refractivity contribution in [2.75, 3.05) is 52.9 Å². The fourth-order valence-corrected chi connectivity index (χ4v) is 4.53. The number of rotatable bonds is 2. The lowest BCUT2D eigenvalue weighted by molar-refractivity contribution is 0.00472. The average Bonchev–Trinajstić information content (AvgIpc) is 2.93. The molecule has 0 spiro atoms. The minimum atomic E-state index is -0.670. The second kappa shape index (κ2) is 12.0. The number of hydrogen-bond donors (Lipinski definition) is 1. The van der Waals surface area contributed by atoms with Gasteiger partial charge in [0.2, 0.25) is 0 Å². The predicted octanol–water partition coefficient (Wildman–Crippen LogP) is 3.57. The van der Waals surface area contributed by atoms with Crippen LogP contribution in [0.2, 0.25) is 0 Å². The number of nitrogens with one attached hydrogen (secondary N) is 1. The van der Waals surface area contributed by atoms with E-state index in [1.54, 1.807) is 48.5 Å². The van der Waals surface area contributed by atoms with Gasteiger partial charge in [-0.05, 0) is 24.3 Å². The van der Waals surface area contributed by atoms with E-state index >= 15 is 0 Å². The highest BCUT2D eigenvalue weighted by Gasteiger charge is 2.37. The Hall–Kier alpha value is -3.72. The smallest absolute Gasteiger partial charge is 0.252 e. The maximum absolute atomic E-state index is 13.6. The van der Waals surface area contributed by atoms with Crippen LogP contribution in [0, 0.1) is 0 Å². The van der Waals surface area contributed by atoms with E-state index in [0.29, 0.717) is 79.0 Å². The summed E-state index contributed by atoms with van der Waals surface area (Å²) in [5.74, 6) is 0.600. The Bertz CT molecular complexity index is 1180. The van der Waals surface area contributed by atoms with Gasteiger partial charge in [-0.2, -0.15) is 0 Å². The number of carbonyl (C=O) groups is 2. The third-order valence-electron chi connectivity index (χ3n) is 6.22. The molecule has 0 aromatic heterocycles. The van der Waals surface area contributed by atoms with E-state index in [9.17, 15) is 9.59 Å². The summed E-state index contributed by atoms with van der Waals surface area (Å²) >= 11 is 0. The van der Waals surface area contributed by atoms with Crippen LogP contribution in [0.15, 0.2) is 66.7 Å². The molecule has 1 N–H and O–H groups in total. The van der Waals surface area contributed by atoms with Gasteiger partial charge in [-0.15, -0.1) is 0 Å². The first kappa shape index (κ1) is 25.0. The summed E-state index contributed by atoms with van der Waals surface area (Å²) in [5, 5.41) is 3.14. The highest BCUT2D eigenvalue weighted by atomic mass is 16.6. The minimum Gasteiger partial charge on any atom is -0.491 e. The maximum Gasteiger partial charge on any atom is 0.252 e. The Morgan fingerprint density at radius 1 is 0.622 bits per heavy atom. The van der Waals surface area contributed by atoms with Crippen molar-refractivity contribution in [3.63, 3.8) is 0 Å². The molecule has 3 aromatic carbocycles. The van der Waals surface area contributed by atoms with Crippen molar-refractivity contribution in [2.24, 2.45) is 0 Å². The molecule has 8 heteroatoms. The van der Waals surface area contributed by atoms with Crippen LogP contribution in [0.25, 0.3) is 0 Å². The van der Waals surface area contributed by atoms with Gasteiger partial charge in [-0.25, -0.2) is 0 Å². The Morgan fingerprint density at radius 3 is 1.62 bits per heavy atom. The van der Waals surface area contributed by atoms with Crippen LogP contribution in [0.3, 0.4) is 0 Å². The molecule has 1 amide bonds. The molecule has 0 radical (unpaired) electrons. The third-order valence-corrected chi connectivity index (χ3v) is 6.22. The quantitative estimate of drug-likeness (QED) is 0.572. The molecular formula is C29H29NO7. The topological polar surface area (TPSA) is 92.3 Å². The van der Waals surface area contributed by atoms with Gasteiger partial charge in [-0.1, -0.05) is 42.5 Å². The van der Waals surface area contributed by atoms with Crippen molar-refractivity contribution in [1.29, 1.82) is 0 Å². The van der Waals surface area contributed by atoms with Gasteiger partial charge in [0.15, 0.2) is 5.78 Å². The average molecular weight is 504 g/mol. The molecule has 0 unspecified atom stereocenters. The zero-order valence-electron chi connectivity index (χ0n) is 20.4. The maximum atomic E-state index is 13.6. The summed E-state index contributed by atoms with van der Waals surface area (Å²) in [6.07, 6.45) is 0. The standard InChI is InChI=1S/C29H29NO7/c31-28-21-8-4-10-23-25(21)27(30-29(32)20-6-2-1-3-7-20)26-22(28)9-5-11-24(26)37-19-17-35-15-13-33-12-14-34-16-18-36-23/h1-11,27H,12-19H2,(H,30,32). The van der Waals surface area contributed by atoms with Crippen molar-refractivity contribution >= 4 is 11.7 Å². The molecule has 1 heterocycles. The summed E-state index contributed by atoms with van der Waals surface area (Å²) in [7, 11) is 0. The number of carbonyl (C=O) groups excluding carboxylic acids is 2. The van der Waals surface area contributed by atoms with Crippen LogP contribution in [-0.4, -0.2) is 64.5 Å². The zero-order chi connectivity index (χ0) is 25.5. The van der Waals surface area contributed by atoms with Crippen molar-refractivity contribution in [3.05, 3.63) is 94.5 Å². The predicted molar refractivity (Wildman–Crippen MR) is 136 cm³/mol. The fourth-order valence-electron chi connectivity index (χ4n) is 4.53. The summed E-state index contributed by atoms with van der Waals surface area (Å²) in [6.45, 7) is 3.04. The molecule has 3 aromatic rings. The van der Waals surface area contributed by atoms with Crippen molar-refractivity contribution in [2.45, 2.75) is 6.04 Å². The molecule has 0 fully saturated rings. The molecule has 192 valence electrons. The highest BCUT2D eigenvalue weighted by molar-refractivity contribution is 6.14. The molecule has 1 aliphatic carbocycles. The first-order chi connectivity index (χ1) is 18.2. The molecule has 5 rings (SSSR count). The molecule has 0 atom stereocenters. The summed E-state index contributed by atoms with van der Waals surface area (Å²) in [5.41, 5.74) is 2.67. The monoisotopic (exact) mass is 503 g/mol. The molecule has 0 saturated carbocycles. The number of amides is 1. The van der Waals surface area contributed by atoms with Gasteiger partial charge in [0.25, 0.3) is 5.91 Å². The summed E-state index contributed by atoms with van der Waals surface area (Å²) in [4.78, 5) is 27.0. The third kappa shape index (κ3) is 5.67. The van der Waals surface area contributed by atoms with Crippen LogP contribution in [0.1, 0.15) is 43.4 Å². The summed E-state index contributed by atoms with van der Waals surface area (Å²) < 4.78 is 28.9. The Morgan fingerprint density at radius 2 is 1.11 bits per heavy atom. The van der Waals surface area contributed by atoms with E-state index in [4.69, 9.17) is 23.7 Å². The van der Waals surface area contributed by atoms with E-state index in [-0.39, 0.29) is 24.9 Å². The first-order valence-corrected chi connectivity index (χ1v) is 12.4. The zero-order valence-corrected chi connectivity index (χ0v) is 20.4. The van der Waals surface area contributed by atoms with Crippen molar-refractivity contribution in [3.8, 4) is 11.5 Å². The van der Waals surface area contributed by atoms with E-state index in [1.807, 2.05) is 18.2 Å². The fraction of sp³-hybridized carbons (Fsp3) is 0.310. The van der Waals surface area contributed by atoms with E-state index < -0.39 is 6.04 Å². The molecule has 8 nitrogen and oxygen atoms in total. The second-order valence-corrected chi connectivity index (χ2v) is 8.57. The molecule has 0 saturated heterocycles. The summed E-state index contributed by atoms with van der Waals surface area (Å²) in [6, 6.07) is 19.0. The van der Waals surface area contributed by atoms with Crippen LogP contribution in [0.4, 0.5) is 0 Å². The number of benzene rings is 3. The molecule has 2 bridgehead atoms. The van der Waals surface area contributed by atoms with Crippen molar-refractivity contribution < 1.29 is 33.3 Å². The Balaban J connectivity index is 1.56. The van der Waals surface area contributed by atoms with Gasteiger partial charge >= 0.3 is 0 Å². The van der Waals surface area contributed by atoms with Gasteiger partial charge in [0.05, 0.1) is 45.7 Å². The van der Waals surface area contributed by atoms with Crippen LogP contribution in [-0.2, 0) is 14.2 Å². The minimum absolute atomic E-state index is 0.148. The van der Waals surface area contributed by atoms with Gasteiger partial charge in [0, 0.05) is 27.8 Å². The second-order valence-electron chi connectivity index (χ2n) is 8.57. The largest absolute Gasteiger partial charge is 0.491 e. The molecular weight excluding hydrogens is 474 g/mol. The number of ketones is 1. The lowest BCUT2D eigenvalue weighted by Gasteiger charge is -2.31. The van der Waals surface area contributed by atoms with E-state index in [1.165, 1.54) is 0 Å². The first-order valence-electron chi connectivity index (χ1n) is 12.4. The van der Waals surface area contributed by atoms with E-state index in [2.05, 4.69) is 5.32 Å². The van der Waals surface area contributed by atoms with Crippen LogP contribution >= 0.6 is 0 Å². The number of ether oxygens (including phenoxy) is 5. The lowest BCUT2D eigenvalue weighted by atomic mass is 9.80.